The number of carboxylic acids is 1. The lowest BCUT2D eigenvalue weighted by molar-refractivity contribution is 0.0695. The van der Waals surface area contributed by atoms with Gasteiger partial charge in [-0.05, 0) is 31.9 Å². The Balaban J connectivity index is 3.03. The van der Waals surface area contributed by atoms with Crippen molar-refractivity contribution in [2.45, 2.75) is 27.2 Å². The second kappa shape index (κ2) is 4.77. The summed E-state index contributed by atoms with van der Waals surface area (Å²) in [7, 11) is 0. The Bertz CT molecular complexity index is 352. The Morgan fingerprint density at radius 2 is 2.20 bits per heavy atom. The van der Waals surface area contributed by atoms with Gasteiger partial charge in [-0.2, -0.15) is 0 Å². The van der Waals surface area contributed by atoms with Crippen LogP contribution in [-0.2, 0) is 0 Å². The van der Waals surface area contributed by atoms with Gasteiger partial charge in [-0.25, -0.2) is 9.78 Å². The van der Waals surface area contributed by atoms with Gasteiger partial charge >= 0.3 is 5.97 Å². The van der Waals surface area contributed by atoms with E-state index in [1.807, 2.05) is 0 Å². The third kappa shape index (κ3) is 2.68. The molecule has 0 aromatic carbocycles. The van der Waals surface area contributed by atoms with Crippen molar-refractivity contribution in [1.82, 2.24) is 4.98 Å². The Kier molecular flexibility index (Phi) is 3.66. The fourth-order valence-corrected chi connectivity index (χ4v) is 1.50. The second-order valence-electron chi connectivity index (χ2n) is 3.52. The zero-order chi connectivity index (χ0) is 11.4. The van der Waals surface area contributed by atoms with Gasteiger partial charge in [0, 0.05) is 6.54 Å². The van der Waals surface area contributed by atoms with Crippen molar-refractivity contribution in [2.24, 2.45) is 0 Å². The van der Waals surface area contributed by atoms with Crippen LogP contribution < -0.4 is 5.32 Å². The first-order valence-corrected chi connectivity index (χ1v) is 5.01. The molecule has 0 saturated heterocycles. The molecule has 0 aliphatic heterocycles. The summed E-state index contributed by atoms with van der Waals surface area (Å²) in [6, 6.07) is 1.77. The van der Waals surface area contributed by atoms with Crippen molar-refractivity contribution in [1.29, 1.82) is 0 Å². The minimum atomic E-state index is -0.917. The van der Waals surface area contributed by atoms with E-state index in [-0.39, 0.29) is 0 Å². The molecule has 15 heavy (non-hydrogen) atoms. The highest BCUT2D eigenvalue weighted by atomic mass is 16.4. The fraction of sp³-hybridized carbons (Fsp3) is 0.455. The topological polar surface area (TPSA) is 62.2 Å². The van der Waals surface area contributed by atoms with Crippen molar-refractivity contribution in [3.8, 4) is 0 Å². The quantitative estimate of drug-likeness (QED) is 0.796. The molecule has 0 atom stereocenters. The summed E-state index contributed by atoms with van der Waals surface area (Å²) in [6.45, 7) is 6.42. The van der Waals surface area contributed by atoms with Crippen LogP contribution in [0.2, 0.25) is 0 Å². The lowest BCUT2D eigenvalue weighted by Gasteiger charge is -2.09. The Hall–Kier alpha value is -1.58. The number of aryl methyl sites for hydroxylation is 2. The molecule has 0 aliphatic rings. The highest BCUT2D eigenvalue weighted by Crippen LogP contribution is 2.16. The number of anilines is 1. The SMILES string of the molecule is CCCNc1cc(C)c(C(=O)O)c(C)n1. The first kappa shape index (κ1) is 11.5. The standard InChI is InChI=1S/C11H16N2O2/c1-4-5-12-9-6-7(2)10(11(14)15)8(3)13-9/h6H,4-5H2,1-3H3,(H,12,13)(H,14,15). The summed E-state index contributed by atoms with van der Waals surface area (Å²) < 4.78 is 0. The molecule has 0 spiro atoms. The van der Waals surface area contributed by atoms with E-state index < -0.39 is 5.97 Å². The van der Waals surface area contributed by atoms with Crippen LogP contribution in [0.1, 0.15) is 35.0 Å². The molecule has 0 radical (unpaired) electrons. The zero-order valence-corrected chi connectivity index (χ0v) is 9.29. The maximum absolute atomic E-state index is 10.9. The smallest absolute Gasteiger partial charge is 0.337 e. The van der Waals surface area contributed by atoms with Gasteiger partial charge in [-0.15, -0.1) is 0 Å². The van der Waals surface area contributed by atoms with E-state index in [9.17, 15) is 4.79 Å². The first-order valence-electron chi connectivity index (χ1n) is 5.01. The third-order valence-corrected chi connectivity index (χ3v) is 2.17. The van der Waals surface area contributed by atoms with Crippen LogP contribution in [0.5, 0.6) is 0 Å². The van der Waals surface area contributed by atoms with Crippen LogP contribution in [-0.4, -0.2) is 22.6 Å². The van der Waals surface area contributed by atoms with E-state index >= 15 is 0 Å². The lowest BCUT2D eigenvalue weighted by atomic mass is 10.1. The number of pyridine rings is 1. The Morgan fingerprint density at radius 3 is 2.67 bits per heavy atom. The molecule has 0 fully saturated rings. The summed E-state index contributed by atoms with van der Waals surface area (Å²) in [5, 5.41) is 12.1. The van der Waals surface area contributed by atoms with E-state index in [1.54, 1.807) is 19.9 Å². The zero-order valence-electron chi connectivity index (χ0n) is 9.29. The summed E-state index contributed by atoms with van der Waals surface area (Å²) in [5.74, 6) is -0.170. The molecule has 4 heteroatoms. The number of nitrogens with zero attached hydrogens (tertiary/aromatic N) is 1. The molecule has 1 aromatic heterocycles. The average Bonchev–Trinajstić information content (AvgIpc) is 2.12. The molecular weight excluding hydrogens is 192 g/mol. The Labute approximate surface area is 89.3 Å². The average molecular weight is 208 g/mol. The molecule has 0 bridgehead atoms. The monoisotopic (exact) mass is 208 g/mol. The van der Waals surface area contributed by atoms with E-state index in [4.69, 9.17) is 5.11 Å². The Morgan fingerprint density at radius 1 is 1.53 bits per heavy atom. The van der Waals surface area contributed by atoms with Crippen molar-refractivity contribution in [3.63, 3.8) is 0 Å². The van der Waals surface area contributed by atoms with Gasteiger partial charge in [0.05, 0.1) is 11.3 Å². The predicted octanol–water partition coefficient (Wildman–Crippen LogP) is 2.22. The van der Waals surface area contributed by atoms with Gasteiger partial charge in [-0.3, -0.25) is 0 Å². The molecule has 4 nitrogen and oxygen atoms in total. The molecule has 82 valence electrons. The molecule has 1 heterocycles. The van der Waals surface area contributed by atoms with Crippen molar-refractivity contribution >= 4 is 11.8 Å². The van der Waals surface area contributed by atoms with Gasteiger partial charge in [0.1, 0.15) is 5.82 Å². The van der Waals surface area contributed by atoms with Gasteiger partial charge in [0.2, 0.25) is 0 Å². The highest BCUT2D eigenvalue weighted by molar-refractivity contribution is 5.90. The number of aromatic nitrogens is 1. The van der Waals surface area contributed by atoms with Gasteiger partial charge in [-0.1, -0.05) is 6.92 Å². The number of carbonyl (C=O) groups is 1. The van der Waals surface area contributed by atoms with Crippen molar-refractivity contribution in [2.75, 3.05) is 11.9 Å². The van der Waals surface area contributed by atoms with Gasteiger partial charge in [0.25, 0.3) is 0 Å². The number of aromatic carboxylic acids is 1. The molecule has 0 amide bonds. The van der Waals surface area contributed by atoms with Gasteiger partial charge < -0.3 is 10.4 Å². The van der Waals surface area contributed by atoms with Crippen molar-refractivity contribution in [3.05, 3.63) is 22.9 Å². The van der Waals surface area contributed by atoms with Crippen LogP contribution in [0.3, 0.4) is 0 Å². The molecule has 0 unspecified atom stereocenters. The van der Waals surface area contributed by atoms with Crippen molar-refractivity contribution < 1.29 is 9.90 Å². The molecular formula is C11H16N2O2. The normalized spacial score (nSPS) is 10.1. The fourth-order valence-electron chi connectivity index (χ4n) is 1.50. The molecule has 1 rings (SSSR count). The van der Waals surface area contributed by atoms with Crippen LogP contribution in [0.4, 0.5) is 5.82 Å². The third-order valence-electron chi connectivity index (χ3n) is 2.17. The predicted molar refractivity (Wildman–Crippen MR) is 59.5 cm³/mol. The maximum atomic E-state index is 10.9. The molecule has 0 aliphatic carbocycles. The molecule has 1 aromatic rings. The largest absolute Gasteiger partial charge is 0.478 e. The lowest BCUT2D eigenvalue weighted by Crippen LogP contribution is -2.09. The van der Waals surface area contributed by atoms with Gasteiger partial charge in [0.15, 0.2) is 0 Å². The summed E-state index contributed by atoms with van der Waals surface area (Å²) in [6.07, 6.45) is 1.01. The van der Waals surface area contributed by atoms with E-state index in [2.05, 4.69) is 17.2 Å². The first-order chi connectivity index (χ1) is 7.06. The maximum Gasteiger partial charge on any atom is 0.337 e. The van der Waals surface area contributed by atoms with E-state index in [0.29, 0.717) is 11.3 Å². The summed E-state index contributed by atoms with van der Waals surface area (Å²) >= 11 is 0. The van der Waals surface area contributed by atoms with Crippen LogP contribution in [0.15, 0.2) is 6.07 Å². The summed E-state index contributed by atoms with van der Waals surface area (Å²) in [4.78, 5) is 15.1. The number of rotatable bonds is 4. The summed E-state index contributed by atoms with van der Waals surface area (Å²) in [5.41, 5.74) is 1.60. The number of nitrogens with one attached hydrogen (secondary N) is 1. The number of hydrogen-bond donors (Lipinski definition) is 2. The minimum absolute atomic E-state index is 0.303. The number of carboxylic acid groups (broad SMARTS) is 1. The second-order valence-corrected chi connectivity index (χ2v) is 3.52. The highest BCUT2D eigenvalue weighted by Gasteiger charge is 2.12. The van der Waals surface area contributed by atoms with Crippen LogP contribution >= 0.6 is 0 Å². The molecule has 0 saturated carbocycles. The van der Waals surface area contributed by atoms with E-state index in [0.717, 1.165) is 24.3 Å². The van der Waals surface area contributed by atoms with Crippen LogP contribution in [0, 0.1) is 13.8 Å². The minimum Gasteiger partial charge on any atom is -0.478 e. The van der Waals surface area contributed by atoms with Crippen LogP contribution in [0.25, 0.3) is 0 Å². The van der Waals surface area contributed by atoms with E-state index in [1.165, 1.54) is 0 Å². The molecule has 2 N–H and O–H groups in total. The number of hydrogen-bond acceptors (Lipinski definition) is 3.